The minimum Gasteiger partial charge on any atom is -0.480 e. The average molecular weight is 396 g/mol. The van der Waals surface area contributed by atoms with Crippen LogP contribution in [0.3, 0.4) is 0 Å². The van der Waals surface area contributed by atoms with Crippen molar-refractivity contribution in [3.05, 3.63) is 29.8 Å². The highest BCUT2D eigenvalue weighted by atomic mass is 35.5. The molecule has 0 aliphatic carbocycles. The third-order valence-electron chi connectivity index (χ3n) is 5.72. The number of hydrogen-bond donors (Lipinski definition) is 1. The zero-order chi connectivity index (χ0) is 18.7. The summed E-state index contributed by atoms with van der Waals surface area (Å²) in [5.41, 5.74) is 2.18. The monoisotopic (exact) mass is 395 g/mol. The van der Waals surface area contributed by atoms with Gasteiger partial charge in [0.25, 0.3) is 0 Å². The molecule has 2 aliphatic heterocycles. The lowest BCUT2D eigenvalue weighted by Crippen LogP contribution is -2.51. The third kappa shape index (κ3) is 5.00. The number of piperidine rings is 1. The molecule has 6 nitrogen and oxygen atoms in total. The van der Waals surface area contributed by atoms with Crippen molar-refractivity contribution in [2.75, 3.05) is 37.6 Å². The summed E-state index contributed by atoms with van der Waals surface area (Å²) in [6.45, 7) is 7.40. The first-order valence-electron chi connectivity index (χ1n) is 9.57. The highest BCUT2D eigenvalue weighted by Gasteiger charge is 2.38. The van der Waals surface area contributed by atoms with Gasteiger partial charge in [0, 0.05) is 31.4 Å². The highest BCUT2D eigenvalue weighted by molar-refractivity contribution is 5.99. The number of carbonyl (C=O) groups excluding carboxylic acids is 1. The molecule has 1 aromatic rings. The van der Waals surface area contributed by atoms with Crippen LogP contribution in [0.5, 0.6) is 0 Å². The van der Waals surface area contributed by atoms with Crippen LogP contribution in [-0.4, -0.2) is 71.6 Å². The van der Waals surface area contributed by atoms with Gasteiger partial charge in [-0.15, -0.1) is 12.4 Å². The van der Waals surface area contributed by atoms with Crippen LogP contribution >= 0.6 is 12.4 Å². The fraction of sp³-hybridized carbons (Fsp3) is 0.600. The van der Waals surface area contributed by atoms with Gasteiger partial charge < -0.3 is 10.0 Å². The molecule has 2 fully saturated rings. The van der Waals surface area contributed by atoms with E-state index in [0.717, 1.165) is 51.1 Å². The molecule has 7 heteroatoms. The molecule has 1 N–H and O–H groups in total. The van der Waals surface area contributed by atoms with Gasteiger partial charge in [0.2, 0.25) is 5.91 Å². The number of anilines is 1. The number of likely N-dealkylation sites (tertiary alicyclic amines) is 1. The molecule has 1 amide bonds. The van der Waals surface area contributed by atoms with E-state index in [2.05, 4.69) is 4.90 Å². The van der Waals surface area contributed by atoms with Crippen molar-refractivity contribution in [3.63, 3.8) is 0 Å². The Hall–Kier alpha value is -1.63. The van der Waals surface area contributed by atoms with Crippen LogP contribution in [0, 0.1) is 6.92 Å². The number of carboxylic acid groups (broad SMARTS) is 1. The highest BCUT2D eigenvalue weighted by Crippen LogP contribution is 2.27. The number of benzene rings is 1. The second-order valence-electron chi connectivity index (χ2n) is 7.35. The van der Waals surface area contributed by atoms with Crippen molar-refractivity contribution in [2.24, 2.45) is 0 Å². The van der Waals surface area contributed by atoms with Crippen LogP contribution in [0.2, 0.25) is 0 Å². The summed E-state index contributed by atoms with van der Waals surface area (Å²) < 4.78 is 0. The van der Waals surface area contributed by atoms with Crippen LogP contribution < -0.4 is 4.90 Å². The smallest absolute Gasteiger partial charge is 0.317 e. The summed E-state index contributed by atoms with van der Waals surface area (Å²) in [7, 11) is 0. The van der Waals surface area contributed by atoms with Crippen LogP contribution in [0.4, 0.5) is 5.69 Å². The summed E-state index contributed by atoms with van der Waals surface area (Å²) in [5, 5.41) is 9.06. The number of carboxylic acids is 1. The van der Waals surface area contributed by atoms with Gasteiger partial charge in [-0.05, 0) is 44.9 Å². The van der Waals surface area contributed by atoms with Gasteiger partial charge in [-0.3, -0.25) is 19.4 Å². The van der Waals surface area contributed by atoms with Gasteiger partial charge in [0.15, 0.2) is 0 Å². The van der Waals surface area contributed by atoms with Gasteiger partial charge in [0.05, 0.1) is 12.6 Å². The molecule has 2 aliphatic rings. The number of halogens is 1. The number of aliphatic carboxylic acids is 1. The second-order valence-corrected chi connectivity index (χ2v) is 7.35. The molecule has 0 bridgehead atoms. The van der Waals surface area contributed by atoms with Crippen LogP contribution in [0.15, 0.2) is 24.3 Å². The standard InChI is InChI=1S/C20H29N3O3.ClH/c1-3-21(14-19(24)25)16-8-11-22(12-9-16)18-10-13-23(20(18)26)17-6-4-15(2)5-7-17;/h4-7,16,18H,3,8-14H2,1-2H3,(H,24,25);1H. The Balaban J connectivity index is 0.00000261. The maximum Gasteiger partial charge on any atom is 0.317 e. The zero-order valence-corrected chi connectivity index (χ0v) is 17.0. The molecule has 0 radical (unpaired) electrons. The van der Waals surface area contributed by atoms with Crippen molar-refractivity contribution in [3.8, 4) is 0 Å². The maximum atomic E-state index is 12.9. The third-order valence-corrected chi connectivity index (χ3v) is 5.72. The van der Waals surface area contributed by atoms with Gasteiger partial charge >= 0.3 is 5.97 Å². The lowest BCUT2D eigenvalue weighted by Gasteiger charge is -2.39. The molecule has 2 heterocycles. The molecule has 1 unspecified atom stereocenters. The van der Waals surface area contributed by atoms with Crippen molar-refractivity contribution >= 4 is 30.0 Å². The molecule has 1 atom stereocenters. The van der Waals surface area contributed by atoms with Crippen LogP contribution in [0.25, 0.3) is 0 Å². The van der Waals surface area contributed by atoms with Gasteiger partial charge in [-0.2, -0.15) is 0 Å². The second kappa shape index (κ2) is 9.53. The van der Waals surface area contributed by atoms with Crippen molar-refractivity contribution in [2.45, 2.75) is 45.2 Å². The van der Waals surface area contributed by atoms with Crippen molar-refractivity contribution in [1.82, 2.24) is 9.80 Å². The summed E-state index contributed by atoms with van der Waals surface area (Å²) >= 11 is 0. The zero-order valence-electron chi connectivity index (χ0n) is 16.1. The first-order chi connectivity index (χ1) is 12.5. The first-order valence-corrected chi connectivity index (χ1v) is 9.57. The Labute approximate surface area is 167 Å². The summed E-state index contributed by atoms with van der Waals surface area (Å²) in [6, 6.07) is 8.40. The maximum absolute atomic E-state index is 12.9. The molecule has 0 aromatic heterocycles. The molecule has 3 rings (SSSR count). The van der Waals surface area contributed by atoms with Gasteiger partial charge in [0.1, 0.15) is 0 Å². The molecular formula is C20H30ClN3O3. The minimum atomic E-state index is -0.769. The SMILES string of the molecule is CCN(CC(=O)O)C1CCN(C2CCN(c3ccc(C)cc3)C2=O)CC1.Cl. The number of hydrogen-bond acceptors (Lipinski definition) is 4. The lowest BCUT2D eigenvalue weighted by molar-refractivity contribution is -0.139. The van der Waals surface area contributed by atoms with E-state index in [4.69, 9.17) is 5.11 Å². The Morgan fingerprint density at radius 1 is 1.15 bits per heavy atom. The molecular weight excluding hydrogens is 366 g/mol. The number of rotatable bonds is 6. The summed E-state index contributed by atoms with van der Waals surface area (Å²) in [4.78, 5) is 30.2. The van der Waals surface area contributed by atoms with E-state index in [1.165, 1.54) is 5.56 Å². The van der Waals surface area contributed by atoms with Gasteiger partial charge in [-0.1, -0.05) is 24.6 Å². The predicted octanol–water partition coefficient (Wildman–Crippen LogP) is 2.39. The first kappa shape index (κ1) is 21.7. The summed E-state index contributed by atoms with van der Waals surface area (Å²) in [6.07, 6.45) is 2.72. The molecule has 0 saturated carbocycles. The quantitative estimate of drug-likeness (QED) is 0.801. The average Bonchev–Trinajstić information content (AvgIpc) is 3.02. The van der Waals surface area contributed by atoms with E-state index >= 15 is 0 Å². The number of carbonyl (C=O) groups is 2. The Kier molecular flexibility index (Phi) is 7.65. The lowest BCUT2D eigenvalue weighted by atomic mass is 10.0. The molecule has 0 spiro atoms. The van der Waals surface area contributed by atoms with E-state index in [9.17, 15) is 9.59 Å². The molecule has 2 saturated heterocycles. The Morgan fingerprint density at radius 2 is 1.78 bits per heavy atom. The largest absolute Gasteiger partial charge is 0.480 e. The molecule has 150 valence electrons. The minimum absolute atomic E-state index is 0. The van der Waals surface area contributed by atoms with Crippen LogP contribution in [-0.2, 0) is 9.59 Å². The van der Waals surface area contributed by atoms with E-state index in [0.29, 0.717) is 6.04 Å². The van der Waals surface area contributed by atoms with E-state index < -0.39 is 5.97 Å². The summed E-state index contributed by atoms with van der Waals surface area (Å²) in [5.74, 6) is -0.570. The van der Waals surface area contributed by atoms with Crippen LogP contribution in [0.1, 0.15) is 31.7 Å². The number of nitrogens with zero attached hydrogens (tertiary/aromatic N) is 3. The van der Waals surface area contributed by atoms with Gasteiger partial charge in [-0.25, -0.2) is 0 Å². The van der Waals surface area contributed by atoms with E-state index in [1.54, 1.807) is 0 Å². The molecule has 27 heavy (non-hydrogen) atoms. The Morgan fingerprint density at radius 3 is 2.33 bits per heavy atom. The topological polar surface area (TPSA) is 64.1 Å². The Bertz CT molecular complexity index is 644. The van der Waals surface area contributed by atoms with Crippen molar-refractivity contribution < 1.29 is 14.7 Å². The fourth-order valence-corrected chi connectivity index (χ4v) is 4.22. The predicted molar refractivity (Wildman–Crippen MR) is 109 cm³/mol. The fourth-order valence-electron chi connectivity index (χ4n) is 4.22. The van der Waals surface area contributed by atoms with E-state index in [-0.39, 0.29) is 30.9 Å². The number of amides is 1. The number of likely N-dealkylation sites (N-methyl/N-ethyl adjacent to an activating group) is 1. The van der Waals surface area contributed by atoms with Crippen molar-refractivity contribution in [1.29, 1.82) is 0 Å². The van der Waals surface area contributed by atoms with E-state index in [1.807, 2.05) is 47.9 Å². The molecule has 1 aromatic carbocycles. The normalized spacial score (nSPS) is 21.5. The number of aryl methyl sites for hydroxylation is 1.